The molecule has 0 aliphatic heterocycles. The smallest absolute Gasteiger partial charge is 0.311 e. The fourth-order valence-corrected chi connectivity index (χ4v) is 2.79. The molecule has 2 aromatic carbocycles. The fraction of sp³-hybridized carbons (Fsp3) is 0.318. The van der Waals surface area contributed by atoms with Crippen molar-refractivity contribution in [3.05, 3.63) is 41.5 Å². The van der Waals surface area contributed by atoms with Crippen molar-refractivity contribution in [3.8, 4) is 23.0 Å². The van der Waals surface area contributed by atoms with E-state index < -0.39 is 11.7 Å². The van der Waals surface area contributed by atoms with E-state index >= 15 is 0 Å². The molecule has 2 rings (SSSR count). The summed E-state index contributed by atoms with van der Waals surface area (Å²) in [5.41, 5.74) is 0.969. The van der Waals surface area contributed by atoms with Gasteiger partial charge in [0.1, 0.15) is 28.8 Å². The van der Waals surface area contributed by atoms with Crippen LogP contribution >= 0.6 is 0 Å². The summed E-state index contributed by atoms with van der Waals surface area (Å²) in [6.07, 6.45) is 6.01. The maximum Gasteiger partial charge on any atom is 0.311 e. The Balaban J connectivity index is 2.57. The third-order valence-corrected chi connectivity index (χ3v) is 4.23. The van der Waals surface area contributed by atoms with Crippen LogP contribution in [-0.2, 0) is 9.53 Å². The quantitative estimate of drug-likeness (QED) is 0.173. The Labute approximate surface area is 164 Å². The predicted octanol–water partition coefficient (Wildman–Crippen LogP) is 5.09. The minimum absolute atomic E-state index is 0.0345. The van der Waals surface area contributed by atoms with Crippen LogP contribution in [0.4, 0.5) is 0 Å². The highest BCUT2D eigenvalue weighted by Gasteiger charge is 2.21. The van der Waals surface area contributed by atoms with Gasteiger partial charge in [-0.05, 0) is 44.5 Å². The van der Waals surface area contributed by atoms with Crippen molar-refractivity contribution in [3.63, 3.8) is 0 Å². The first-order valence-electron chi connectivity index (χ1n) is 9.22. The molecule has 28 heavy (non-hydrogen) atoms. The molecular weight excluding hydrogens is 360 g/mol. The van der Waals surface area contributed by atoms with Crippen LogP contribution in [0.2, 0.25) is 0 Å². The average molecular weight is 386 g/mol. The number of rotatable bonds is 7. The van der Waals surface area contributed by atoms with Crippen LogP contribution in [0, 0.1) is 0 Å². The molecule has 2 aromatic rings. The van der Waals surface area contributed by atoms with Gasteiger partial charge in [-0.25, -0.2) is 0 Å². The number of aromatic hydroxyl groups is 4. The number of allylic oxidation sites excluding steroid dienone is 3. The molecule has 6 heteroatoms. The molecule has 6 nitrogen and oxygen atoms in total. The molecule has 0 aliphatic carbocycles. The Kier molecular flexibility index (Phi) is 6.93. The Hall–Kier alpha value is -3.15. The summed E-state index contributed by atoms with van der Waals surface area (Å²) in [6, 6.07) is 3.61. The van der Waals surface area contributed by atoms with Crippen LogP contribution in [-0.4, -0.2) is 26.4 Å². The summed E-state index contributed by atoms with van der Waals surface area (Å²) in [6.45, 7) is 5.75. The molecule has 0 aliphatic rings. The summed E-state index contributed by atoms with van der Waals surface area (Å²) >= 11 is 0. The summed E-state index contributed by atoms with van der Waals surface area (Å²) < 4.78 is 5.45. The van der Waals surface area contributed by atoms with Crippen molar-refractivity contribution in [2.75, 3.05) is 0 Å². The molecule has 150 valence electrons. The van der Waals surface area contributed by atoms with E-state index in [4.69, 9.17) is 4.74 Å². The molecule has 4 N–H and O–H groups in total. The highest BCUT2D eigenvalue weighted by Crippen LogP contribution is 2.46. The van der Waals surface area contributed by atoms with E-state index in [0.29, 0.717) is 6.42 Å². The zero-order valence-corrected chi connectivity index (χ0v) is 16.3. The maximum absolute atomic E-state index is 12.2. The van der Waals surface area contributed by atoms with Crippen LogP contribution in [0.5, 0.6) is 23.0 Å². The Morgan fingerprint density at radius 2 is 1.61 bits per heavy atom. The minimum Gasteiger partial charge on any atom is -0.507 e. The molecule has 0 bridgehead atoms. The molecule has 0 saturated heterocycles. The topological polar surface area (TPSA) is 107 Å². The van der Waals surface area contributed by atoms with Gasteiger partial charge in [0.2, 0.25) is 0 Å². The highest BCUT2D eigenvalue weighted by molar-refractivity contribution is 6.04. The van der Waals surface area contributed by atoms with Gasteiger partial charge in [0.05, 0.1) is 16.3 Å². The molecule has 0 heterocycles. The Morgan fingerprint density at radius 3 is 2.21 bits per heavy atom. The predicted molar refractivity (Wildman–Crippen MR) is 108 cm³/mol. The van der Waals surface area contributed by atoms with Crippen LogP contribution in [0.15, 0.2) is 35.9 Å². The average Bonchev–Trinajstić information content (AvgIpc) is 2.63. The largest absolute Gasteiger partial charge is 0.507 e. The van der Waals surface area contributed by atoms with E-state index in [9.17, 15) is 25.2 Å². The first-order valence-corrected chi connectivity index (χ1v) is 9.22. The number of phenolic OH excluding ortho intramolecular Hbond substituents is 4. The van der Waals surface area contributed by atoms with E-state index in [1.807, 2.05) is 20.8 Å². The van der Waals surface area contributed by atoms with E-state index in [0.717, 1.165) is 18.4 Å². The number of fused-ring (bicyclic) bond motifs is 1. The van der Waals surface area contributed by atoms with Crippen LogP contribution < -0.4 is 0 Å². The molecule has 0 amide bonds. The second-order valence-electron chi connectivity index (χ2n) is 6.85. The third kappa shape index (κ3) is 4.76. The first kappa shape index (κ1) is 21.2. The number of unbranched alkanes of at least 4 members (excludes halogenated alkanes) is 2. The number of carbonyl (C=O) groups excluding carboxylic acids is 1. The molecule has 0 fully saturated rings. The molecule has 0 saturated carbocycles. The van der Waals surface area contributed by atoms with Crippen LogP contribution in [0.3, 0.4) is 0 Å². The molecule has 0 atom stereocenters. The lowest BCUT2D eigenvalue weighted by Crippen LogP contribution is -2.04. The Morgan fingerprint density at radius 1 is 0.964 bits per heavy atom. The van der Waals surface area contributed by atoms with Crippen LogP contribution in [0.1, 0.15) is 52.0 Å². The fourth-order valence-electron chi connectivity index (χ4n) is 2.79. The number of ether oxygens (including phenoxy) is 1. The van der Waals surface area contributed by atoms with Gasteiger partial charge < -0.3 is 25.2 Å². The molecule has 0 aromatic heterocycles. The number of hydrogen-bond donors (Lipinski definition) is 4. The summed E-state index contributed by atoms with van der Waals surface area (Å²) in [5, 5.41) is 41.0. The molecular formula is C22H26O6. The number of benzene rings is 2. The van der Waals surface area contributed by atoms with Crippen molar-refractivity contribution in [2.45, 2.75) is 46.5 Å². The second-order valence-corrected chi connectivity index (χ2v) is 6.85. The lowest BCUT2D eigenvalue weighted by molar-refractivity contribution is -0.136. The molecule has 0 radical (unpaired) electrons. The normalized spacial score (nSPS) is 11.5. The monoisotopic (exact) mass is 386 g/mol. The van der Waals surface area contributed by atoms with E-state index in [-0.39, 0.29) is 45.8 Å². The van der Waals surface area contributed by atoms with Gasteiger partial charge in [-0.3, -0.25) is 4.79 Å². The van der Waals surface area contributed by atoms with Gasteiger partial charge in [-0.1, -0.05) is 31.4 Å². The summed E-state index contributed by atoms with van der Waals surface area (Å²) in [4.78, 5) is 12.2. The van der Waals surface area contributed by atoms with Crippen molar-refractivity contribution in [1.82, 2.24) is 0 Å². The maximum atomic E-state index is 12.2. The highest BCUT2D eigenvalue weighted by atomic mass is 16.5. The number of phenols is 4. The molecule has 0 spiro atoms. The zero-order valence-electron chi connectivity index (χ0n) is 16.3. The van der Waals surface area contributed by atoms with Crippen LogP contribution in [0.25, 0.3) is 16.5 Å². The lowest BCUT2D eigenvalue weighted by atomic mass is 10.0. The van der Waals surface area contributed by atoms with Gasteiger partial charge in [0.25, 0.3) is 0 Å². The summed E-state index contributed by atoms with van der Waals surface area (Å²) in [7, 11) is 0. The van der Waals surface area contributed by atoms with E-state index in [1.165, 1.54) is 24.3 Å². The summed E-state index contributed by atoms with van der Waals surface area (Å²) in [5.74, 6) is -1.80. The number of esters is 1. The first-order chi connectivity index (χ1) is 13.3. The van der Waals surface area contributed by atoms with E-state index in [2.05, 4.69) is 0 Å². The van der Waals surface area contributed by atoms with Gasteiger partial charge in [-0.15, -0.1) is 0 Å². The van der Waals surface area contributed by atoms with Gasteiger partial charge in [0.15, 0.2) is 0 Å². The van der Waals surface area contributed by atoms with Crippen molar-refractivity contribution in [1.29, 1.82) is 0 Å². The standard InChI is InChI=1S/C22H26O6/c1-4-5-6-7-19(26)28-18(11-8-13(2)3)14-12-17(25)20-15(23)9-10-16(24)21(20)22(14)27/h8-12,23-25,27H,4-7H2,1-3H3/b18-11-. The Bertz CT molecular complexity index is 936. The van der Waals surface area contributed by atoms with Crippen molar-refractivity contribution >= 4 is 22.5 Å². The van der Waals surface area contributed by atoms with Crippen molar-refractivity contribution in [2.24, 2.45) is 0 Å². The van der Waals surface area contributed by atoms with Crippen molar-refractivity contribution < 1.29 is 30.0 Å². The lowest BCUT2D eigenvalue weighted by Gasteiger charge is -2.15. The number of carbonyl (C=O) groups is 1. The van der Waals surface area contributed by atoms with E-state index in [1.54, 1.807) is 6.08 Å². The molecule has 0 unspecified atom stereocenters. The minimum atomic E-state index is -0.457. The second kappa shape index (κ2) is 9.17. The SMILES string of the molecule is CCCCCC(=O)O/C(=C\C=C(C)C)c1cc(O)c2c(O)ccc(O)c2c1O. The van der Waals surface area contributed by atoms with Gasteiger partial charge in [0, 0.05) is 6.42 Å². The number of hydrogen-bond acceptors (Lipinski definition) is 6. The zero-order chi connectivity index (χ0) is 20.8. The third-order valence-electron chi connectivity index (χ3n) is 4.23. The van der Waals surface area contributed by atoms with Gasteiger partial charge in [-0.2, -0.15) is 0 Å². The van der Waals surface area contributed by atoms with Gasteiger partial charge >= 0.3 is 5.97 Å².